The summed E-state index contributed by atoms with van der Waals surface area (Å²) >= 11 is 4.70. The highest BCUT2D eigenvalue weighted by Crippen LogP contribution is 2.42. The number of hydrogen-bond acceptors (Lipinski definition) is 10. The SMILES string of the molecule is COC(=O)C1=C(C2CCN(S(=O)(=O)[C@H]3C[C@@H](C(=O)OC(C)(C)C)C3)CC2)NC(c2nccs2)=NC1c1cccc(F)c1Br. The number of benzene rings is 1. The van der Waals surface area contributed by atoms with Crippen molar-refractivity contribution in [3.8, 4) is 0 Å². The minimum Gasteiger partial charge on any atom is -0.466 e. The highest BCUT2D eigenvalue weighted by atomic mass is 79.9. The van der Waals surface area contributed by atoms with E-state index >= 15 is 0 Å². The fraction of sp³-hybridized carbons (Fsp3) is 0.517. The predicted molar refractivity (Wildman–Crippen MR) is 163 cm³/mol. The number of aliphatic imine (C=N–C) groups is 1. The van der Waals surface area contributed by atoms with Gasteiger partial charge in [0.25, 0.3) is 0 Å². The molecule has 1 aromatic heterocycles. The Labute approximate surface area is 262 Å². The Bertz CT molecular complexity index is 1560. The van der Waals surface area contributed by atoms with Crippen LogP contribution in [-0.2, 0) is 29.1 Å². The molecule has 1 aliphatic carbocycles. The lowest BCUT2D eigenvalue weighted by atomic mass is 9.85. The molecule has 2 fully saturated rings. The third-order valence-corrected chi connectivity index (χ3v) is 11.8. The number of carbonyl (C=O) groups is 2. The molecule has 0 radical (unpaired) electrons. The zero-order chi connectivity index (χ0) is 31.1. The number of hydrogen-bond donors (Lipinski definition) is 1. The van der Waals surface area contributed by atoms with E-state index in [9.17, 15) is 22.4 Å². The number of methoxy groups -OCH3 is 1. The number of carbonyl (C=O) groups excluding carboxylic acids is 2. The molecule has 3 heterocycles. The molecule has 1 saturated carbocycles. The minimum absolute atomic E-state index is 0.191. The molecule has 0 amide bonds. The molecular formula is C29H34BrFN4O6S2. The molecule has 1 aromatic carbocycles. The maximum atomic E-state index is 14.6. The fourth-order valence-corrected chi connectivity index (χ4v) is 8.78. The summed E-state index contributed by atoms with van der Waals surface area (Å²) < 4.78 is 53.8. The minimum atomic E-state index is -3.62. The first-order chi connectivity index (χ1) is 20.3. The summed E-state index contributed by atoms with van der Waals surface area (Å²) in [5.74, 6) is -1.66. The van der Waals surface area contributed by atoms with Gasteiger partial charge < -0.3 is 14.8 Å². The van der Waals surface area contributed by atoms with Crippen LogP contribution in [0.1, 0.15) is 63.1 Å². The first-order valence-corrected chi connectivity index (χ1v) is 17.2. The first kappa shape index (κ1) is 31.7. The average Bonchev–Trinajstić information content (AvgIpc) is 3.47. The summed E-state index contributed by atoms with van der Waals surface area (Å²) in [6.45, 7) is 5.86. The molecule has 1 atom stereocenters. The van der Waals surface area contributed by atoms with Gasteiger partial charge >= 0.3 is 11.9 Å². The van der Waals surface area contributed by atoms with Crippen LogP contribution in [0.15, 0.2) is 50.5 Å². The Hall–Kier alpha value is -2.68. The van der Waals surface area contributed by atoms with E-state index in [-0.39, 0.29) is 47.9 Å². The lowest BCUT2D eigenvalue weighted by Crippen LogP contribution is -2.50. The van der Waals surface area contributed by atoms with Gasteiger partial charge in [-0.15, -0.1) is 11.3 Å². The van der Waals surface area contributed by atoms with Crippen LogP contribution in [-0.4, -0.2) is 66.5 Å². The maximum absolute atomic E-state index is 14.6. The zero-order valence-corrected chi connectivity index (χ0v) is 27.5. The zero-order valence-electron chi connectivity index (χ0n) is 24.3. The summed E-state index contributed by atoms with van der Waals surface area (Å²) in [4.78, 5) is 34.8. The van der Waals surface area contributed by atoms with Gasteiger partial charge in [0.05, 0.1) is 28.3 Å². The van der Waals surface area contributed by atoms with Crippen molar-refractivity contribution in [2.45, 2.75) is 63.3 Å². The molecule has 1 saturated heterocycles. The number of allylic oxidation sites excluding steroid dienone is 1. The molecule has 5 rings (SSSR count). The molecule has 3 aliphatic rings. The maximum Gasteiger partial charge on any atom is 0.338 e. The van der Waals surface area contributed by atoms with Crippen molar-refractivity contribution in [3.63, 3.8) is 0 Å². The third kappa shape index (κ3) is 6.57. The van der Waals surface area contributed by atoms with Gasteiger partial charge in [-0.05, 0) is 74.0 Å². The van der Waals surface area contributed by atoms with Crippen molar-refractivity contribution in [1.82, 2.24) is 14.6 Å². The average molecular weight is 698 g/mol. The van der Waals surface area contributed by atoms with E-state index in [4.69, 9.17) is 14.5 Å². The second kappa shape index (κ2) is 12.4. The number of aromatic nitrogens is 1. The van der Waals surface area contributed by atoms with Crippen LogP contribution >= 0.6 is 27.3 Å². The lowest BCUT2D eigenvalue weighted by molar-refractivity contribution is -0.162. The van der Waals surface area contributed by atoms with Crippen LogP contribution < -0.4 is 5.32 Å². The Morgan fingerprint density at radius 3 is 2.49 bits per heavy atom. The van der Waals surface area contributed by atoms with Gasteiger partial charge in [-0.1, -0.05) is 12.1 Å². The van der Waals surface area contributed by atoms with Gasteiger partial charge in [-0.3, -0.25) is 9.79 Å². The molecule has 0 spiro atoms. The predicted octanol–water partition coefficient (Wildman–Crippen LogP) is 4.73. The van der Waals surface area contributed by atoms with Crippen molar-refractivity contribution in [2.24, 2.45) is 16.8 Å². The van der Waals surface area contributed by atoms with Crippen molar-refractivity contribution in [3.05, 3.63) is 61.9 Å². The highest BCUT2D eigenvalue weighted by molar-refractivity contribution is 9.10. The molecule has 0 bridgehead atoms. The van der Waals surface area contributed by atoms with Crippen LogP contribution in [0, 0.1) is 17.7 Å². The highest BCUT2D eigenvalue weighted by Gasteiger charge is 2.47. The summed E-state index contributed by atoms with van der Waals surface area (Å²) in [5.41, 5.74) is 0.647. The Kier molecular flexibility index (Phi) is 9.13. The lowest BCUT2D eigenvalue weighted by Gasteiger charge is -2.40. The van der Waals surface area contributed by atoms with E-state index < -0.39 is 44.6 Å². The van der Waals surface area contributed by atoms with Crippen LogP contribution in [0.4, 0.5) is 4.39 Å². The number of thiazole rings is 1. The van der Waals surface area contributed by atoms with E-state index in [1.807, 2.05) is 5.38 Å². The Balaban J connectivity index is 1.38. The second-order valence-corrected chi connectivity index (χ2v) is 15.7. The van der Waals surface area contributed by atoms with Crippen LogP contribution in [0.5, 0.6) is 0 Å². The van der Waals surface area contributed by atoms with Gasteiger partial charge in [0.2, 0.25) is 10.0 Å². The van der Waals surface area contributed by atoms with Crippen molar-refractivity contribution in [1.29, 1.82) is 0 Å². The van der Waals surface area contributed by atoms with Crippen molar-refractivity contribution < 1.29 is 31.9 Å². The van der Waals surface area contributed by atoms with Crippen molar-refractivity contribution in [2.75, 3.05) is 20.2 Å². The molecule has 43 heavy (non-hydrogen) atoms. The van der Waals surface area contributed by atoms with Crippen molar-refractivity contribution >= 4 is 55.1 Å². The quantitative estimate of drug-likeness (QED) is 0.412. The number of ether oxygens (including phenoxy) is 2. The number of rotatable bonds is 7. The molecule has 14 heteroatoms. The van der Waals surface area contributed by atoms with Crippen LogP contribution in [0.25, 0.3) is 0 Å². The summed E-state index contributed by atoms with van der Waals surface area (Å²) in [7, 11) is -2.34. The van der Waals surface area contributed by atoms with E-state index in [2.05, 4.69) is 26.2 Å². The van der Waals surface area contributed by atoms with Gasteiger partial charge in [0.15, 0.2) is 10.8 Å². The number of sulfonamides is 1. The van der Waals surface area contributed by atoms with E-state index in [0.717, 1.165) is 0 Å². The van der Waals surface area contributed by atoms with Crippen LogP contribution in [0.2, 0.25) is 0 Å². The molecule has 1 unspecified atom stereocenters. The number of piperidine rings is 1. The summed E-state index contributed by atoms with van der Waals surface area (Å²) in [6.07, 6.45) is 3.01. The van der Waals surface area contributed by atoms with Crippen LogP contribution in [0.3, 0.4) is 0 Å². The molecule has 232 valence electrons. The molecule has 1 N–H and O–H groups in total. The molecule has 10 nitrogen and oxygen atoms in total. The number of nitrogens with one attached hydrogen (secondary N) is 1. The fourth-order valence-electron chi connectivity index (χ4n) is 5.62. The van der Waals surface area contributed by atoms with Gasteiger partial charge in [0.1, 0.15) is 17.5 Å². The van der Waals surface area contributed by atoms with E-state index in [1.54, 1.807) is 39.1 Å². The van der Waals surface area contributed by atoms with E-state index in [1.165, 1.54) is 28.8 Å². The van der Waals surface area contributed by atoms with E-state index in [0.29, 0.717) is 34.9 Å². The monoisotopic (exact) mass is 696 g/mol. The second-order valence-electron chi connectivity index (χ2n) is 11.8. The molecule has 2 aromatic rings. The van der Waals surface area contributed by atoms with Gasteiger partial charge in [-0.25, -0.2) is 26.9 Å². The largest absolute Gasteiger partial charge is 0.466 e. The summed E-state index contributed by atoms with van der Waals surface area (Å²) in [6, 6.07) is 3.69. The third-order valence-electron chi connectivity index (χ3n) is 7.87. The summed E-state index contributed by atoms with van der Waals surface area (Å²) in [5, 5.41) is 5.09. The number of esters is 2. The first-order valence-electron chi connectivity index (χ1n) is 14.0. The Morgan fingerprint density at radius 1 is 1.19 bits per heavy atom. The molecule has 2 aliphatic heterocycles. The normalized spacial score (nSPS) is 23.7. The topological polar surface area (TPSA) is 127 Å². The van der Waals surface area contributed by atoms with Gasteiger partial charge in [-0.2, -0.15) is 0 Å². The number of halogens is 2. The van der Waals surface area contributed by atoms with Gasteiger partial charge in [0, 0.05) is 36.3 Å². The number of nitrogens with zero attached hydrogens (tertiary/aromatic N) is 3. The smallest absolute Gasteiger partial charge is 0.338 e. The molecular weight excluding hydrogens is 663 g/mol. The standard InChI is InChI=1S/C29H34BrFN4O6S2/c1-29(2,3)41-27(36)17-14-18(15-17)43(38,39)35-11-8-16(9-12-35)23-21(28(37)40-4)24(19-6-5-7-20(31)22(19)30)34-25(33-23)26-32-10-13-42-26/h5-7,10,13,16-18,24H,8-9,11-12,14-15H2,1-4H3,(H,33,34)/t17-,18+,24?. The number of amidine groups is 1. The Morgan fingerprint density at radius 2 is 1.88 bits per heavy atom.